The Kier molecular flexibility index (Phi) is 5.27. The van der Waals surface area contributed by atoms with Crippen molar-refractivity contribution in [1.82, 2.24) is 9.97 Å². The summed E-state index contributed by atoms with van der Waals surface area (Å²) in [6.45, 7) is 0. The van der Waals surface area contributed by atoms with E-state index in [-0.39, 0.29) is 6.01 Å². The van der Waals surface area contributed by atoms with Gasteiger partial charge in [0.25, 0.3) is 0 Å². The van der Waals surface area contributed by atoms with Gasteiger partial charge in [0.15, 0.2) is 11.5 Å². The molecule has 1 aromatic carbocycles. The lowest BCUT2D eigenvalue weighted by atomic mass is 10.1. The van der Waals surface area contributed by atoms with Crippen LogP contribution >= 0.6 is 11.6 Å². The predicted octanol–water partition coefficient (Wildman–Crippen LogP) is 2.76. The van der Waals surface area contributed by atoms with E-state index < -0.39 is 0 Å². The molecule has 2 rings (SSSR count). The molecule has 2 aromatic rings. The summed E-state index contributed by atoms with van der Waals surface area (Å²) in [4.78, 5) is 8.22. The van der Waals surface area contributed by atoms with Crippen LogP contribution in [0.4, 0.5) is 0 Å². The Bertz CT molecular complexity index is 639. The molecule has 22 heavy (non-hydrogen) atoms. The fourth-order valence-corrected chi connectivity index (χ4v) is 2.27. The number of hydrogen-bond donors (Lipinski definition) is 0. The summed E-state index contributed by atoms with van der Waals surface area (Å²) in [7, 11) is 6.21. The van der Waals surface area contributed by atoms with Crippen molar-refractivity contribution >= 4 is 11.6 Å². The van der Waals surface area contributed by atoms with Crippen LogP contribution in [0, 0.1) is 0 Å². The topological polar surface area (TPSA) is 62.7 Å². The van der Waals surface area contributed by atoms with E-state index in [1.54, 1.807) is 27.4 Å². The van der Waals surface area contributed by atoms with Gasteiger partial charge in [-0.05, 0) is 23.8 Å². The van der Waals surface area contributed by atoms with Gasteiger partial charge in [-0.1, -0.05) is 11.6 Å². The first kappa shape index (κ1) is 16.2. The highest BCUT2D eigenvalue weighted by Gasteiger charge is 2.14. The molecular weight excluding hydrogens is 308 g/mol. The van der Waals surface area contributed by atoms with E-state index >= 15 is 0 Å². The second-order valence-electron chi connectivity index (χ2n) is 4.38. The zero-order valence-corrected chi connectivity index (χ0v) is 13.6. The number of halogens is 1. The summed E-state index contributed by atoms with van der Waals surface area (Å²) < 4.78 is 21.0. The van der Waals surface area contributed by atoms with E-state index in [0.29, 0.717) is 28.8 Å². The van der Waals surface area contributed by atoms with Gasteiger partial charge in [-0.3, -0.25) is 0 Å². The summed E-state index contributed by atoms with van der Waals surface area (Å²) in [6.07, 6.45) is 0.523. The molecule has 0 aliphatic heterocycles. The third kappa shape index (κ3) is 3.51. The fraction of sp³-hybridized carbons (Fsp3) is 0.333. The quantitative estimate of drug-likeness (QED) is 0.761. The average molecular weight is 325 g/mol. The molecule has 0 fully saturated rings. The molecule has 7 heteroatoms. The van der Waals surface area contributed by atoms with E-state index in [1.807, 2.05) is 12.1 Å². The number of nitrogens with zero attached hydrogens (tertiary/aromatic N) is 2. The van der Waals surface area contributed by atoms with Crippen LogP contribution in [0.2, 0.25) is 5.15 Å². The van der Waals surface area contributed by atoms with Gasteiger partial charge in [0.05, 0.1) is 34.1 Å². The van der Waals surface area contributed by atoms with Crippen LogP contribution in [0.1, 0.15) is 11.3 Å². The first-order valence-corrected chi connectivity index (χ1v) is 6.85. The van der Waals surface area contributed by atoms with Crippen LogP contribution in [-0.4, -0.2) is 38.4 Å². The van der Waals surface area contributed by atoms with Crippen LogP contribution in [0.25, 0.3) is 0 Å². The normalized spacial score (nSPS) is 10.2. The molecule has 0 amide bonds. The number of methoxy groups -OCH3 is 4. The fourth-order valence-electron chi connectivity index (χ4n) is 2.07. The van der Waals surface area contributed by atoms with E-state index in [1.165, 1.54) is 7.11 Å². The Morgan fingerprint density at radius 3 is 2.00 bits per heavy atom. The Labute approximate surface area is 134 Å². The van der Waals surface area contributed by atoms with E-state index in [0.717, 1.165) is 11.3 Å². The number of ether oxygens (including phenoxy) is 4. The maximum atomic E-state index is 5.96. The van der Waals surface area contributed by atoms with Gasteiger partial charge in [-0.2, -0.15) is 9.97 Å². The highest BCUT2D eigenvalue weighted by Crippen LogP contribution is 2.38. The molecule has 1 heterocycles. The molecule has 1 aromatic heterocycles. The Morgan fingerprint density at radius 1 is 0.864 bits per heavy atom. The molecule has 0 aliphatic rings. The predicted molar refractivity (Wildman–Crippen MR) is 82.5 cm³/mol. The highest BCUT2D eigenvalue weighted by molar-refractivity contribution is 6.29. The molecule has 0 radical (unpaired) electrons. The zero-order valence-electron chi connectivity index (χ0n) is 12.8. The summed E-state index contributed by atoms with van der Waals surface area (Å²) in [5.74, 6) is 1.72. The van der Waals surface area contributed by atoms with Gasteiger partial charge in [-0.25, -0.2) is 0 Å². The third-order valence-electron chi connectivity index (χ3n) is 3.02. The van der Waals surface area contributed by atoms with Crippen LogP contribution in [-0.2, 0) is 6.42 Å². The highest BCUT2D eigenvalue weighted by atomic mass is 35.5. The Balaban J connectivity index is 2.39. The zero-order chi connectivity index (χ0) is 16.1. The number of benzene rings is 1. The molecule has 0 saturated carbocycles. The van der Waals surface area contributed by atoms with Crippen molar-refractivity contribution < 1.29 is 18.9 Å². The number of rotatable bonds is 6. The molecule has 0 unspecified atom stereocenters. The molecule has 0 atom stereocenters. The van der Waals surface area contributed by atoms with Crippen molar-refractivity contribution in [2.45, 2.75) is 6.42 Å². The lowest BCUT2D eigenvalue weighted by Gasteiger charge is -2.14. The first-order chi connectivity index (χ1) is 10.6. The Hall–Kier alpha value is -2.21. The molecule has 0 bridgehead atoms. The number of hydrogen-bond acceptors (Lipinski definition) is 6. The standard InChI is InChI=1S/C15H17ClN2O4/c1-19-11-6-9(7-12(20-2)14(11)21-3)5-10-8-13(16)18-15(17-10)22-4/h6-8H,5H2,1-4H3. The maximum Gasteiger partial charge on any atom is 0.317 e. The molecular formula is C15H17ClN2O4. The monoisotopic (exact) mass is 324 g/mol. The summed E-state index contributed by atoms with van der Waals surface area (Å²) >= 11 is 5.96. The molecule has 6 nitrogen and oxygen atoms in total. The van der Waals surface area contributed by atoms with Crippen molar-refractivity contribution in [2.75, 3.05) is 28.4 Å². The van der Waals surface area contributed by atoms with Gasteiger partial charge < -0.3 is 18.9 Å². The molecule has 0 aliphatic carbocycles. The lowest BCUT2D eigenvalue weighted by Crippen LogP contribution is -2.00. The molecule has 118 valence electrons. The smallest absolute Gasteiger partial charge is 0.317 e. The van der Waals surface area contributed by atoms with Crippen LogP contribution < -0.4 is 18.9 Å². The maximum absolute atomic E-state index is 5.96. The molecule has 0 saturated heterocycles. The van der Waals surface area contributed by atoms with Crippen LogP contribution in [0.5, 0.6) is 23.3 Å². The van der Waals surface area contributed by atoms with Crippen molar-refractivity contribution in [1.29, 1.82) is 0 Å². The van der Waals surface area contributed by atoms with Crippen molar-refractivity contribution in [3.63, 3.8) is 0 Å². The summed E-state index contributed by atoms with van der Waals surface area (Å²) in [6, 6.07) is 5.65. The summed E-state index contributed by atoms with van der Waals surface area (Å²) in [5, 5.41) is 0.328. The molecule has 0 spiro atoms. The van der Waals surface area contributed by atoms with Crippen molar-refractivity contribution in [3.8, 4) is 23.3 Å². The largest absolute Gasteiger partial charge is 0.493 e. The minimum absolute atomic E-state index is 0.231. The van der Waals surface area contributed by atoms with Crippen LogP contribution in [0.3, 0.4) is 0 Å². The van der Waals surface area contributed by atoms with Crippen molar-refractivity contribution in [2.24, 2.45) is 0 Å². The van der Waals surface area contributed by atoms with Crippen LogP contribution in [0.15, 0.2) is 18.2 Å². The lowest BCUT2D eigenvalue weighted by molar-refractivity contribution is 0.324. The van der Waals surface area contributed by atoms with E-state index in [2.05, 4.69) is 9.97 Å². The average Bonchev–Trinajstić information content (AvgIpc) is 2.53. The van der Waals surface area contributed by atoms with Gasteiger partial charge in [0, 0.05) is 6.42 Å². The first-order valence-electron chi connectivity index (χ1n) is 6.47. The second kappa shape index (κ2) is 7.17. The Morgan fingerprint density at radius 2 is 1.50 bits per heavy atom. The van der Waals surface area contributed by atoms with Crippen molar-refractivity contribution in [3.05, 3.63) is 34.6 Å². The van der Waals surface area contributed by atoms with Gasteiger partial charge in [-0.15, -0.1) is 0 Å². The third-order valence-corrected chi connectivity index (χ3v) is 3.21. The minimum Gasteiger partial charge on any atom is -0.493 e. The SMILES string of the molecule is COc1nc(Cl)cc(Cc2cc(OC)c(OC)c(OC)c2)n1. The van der Waals surface area contributed by atoms with Gasteiger partial charge in [0.2, 0.25) is 5.75 Å². The van der Waals surface area contributed by atoms with Gasteiger partial charge >= 0.3 is 6.01 Å². The summed E-state index contributed by atoms with van der Waals surface area (Å²) in [5.41, 5.74) is 1.66. The molecule has 0 N–H and O–H groups in total. The van der Waals surface area contributed by atoms with E-state index in [4.69, 9.17) is 30.5 Å². The number of aromatic nitrogens is 2. The minimum atomic E-state index is 0.231. The van der Waals surface area contributed by atoms with E-state index in [9.17, 15) is 0 Å². The second-order valence-corrected chi connectivity index (χ2v) is 4.77. The van der Waals surface area contributed by atoms with Gasteiger partial charge in [0.1, 0.15) is 5.15 Å².